The molecule has 0 saturated heterocycles. The number of para-hydroxylation sites is 1. The predicted octanol–water partition coefficient (Wildman–Crippen LogP) is 4.10. The van der Waals surface area contributed by atoms with Gasteiger partial charge in [-0.05, 0) is 43.7 Å². The van der Waals surface area contributed by atoms with Gasteiger partial charge >= 0.3 is 12.1 Å². The van der Waals surface area contributed by atoms with Crippen molar-refractivity contribution in [3.05, 3.63) is 87.3 Å². The van der Waals surface area contributed by atoms with Gasteiger partial charge < -0.3 is 9.47 Å². The lowest BCUT2D eigenvalue weighted by Crippen LogP contribution is -2.25. The largest absolute Gasteiger partial charge is 0.490 e. The number of esters is 1. The van der Waals surface area contributed by atoms with Crippen molar-refractivity contribution < 1.29 is 27.4 Å². The van der Waals surface area contributed by atoms with E-state index in [1.54, 1.807) is 12.1 Å². The molecular formula is C22H19F3N2O4. The van der Waals surface area contributed by atoms with Gasteiger partial charge in [0.1, 0.15) is 19.0 Å². The summed E-state index contributed by atoms with van der Waals surface area (Å²) in [5, 5.41) is 3.94. The van der Waals surface area contributed by atoms with Crippen LogP contribution in [0.4, 0.5) is 13.2 Å². The summed E-state index contributed by atoms with van der Waals surface area (Å²) in [6, 6.07) is 12.8. The van der Waals surface area contributed by atoms with Crippen LogP contribution in [-0.2, 0) is 10.9 Å². The highest BCUT2D eigenvalue weighted by Gasteiger charge is 2.30. The highest BCUT2D eigenvalue weighted by atomic mass is 19.4. The van der Waals surface area contributed by atoms with Gasteiger partial charge in [0.25, 0.3) is 0 Å². The predicted molar refractivity (Wildman–Crippen MR) is 107 cm³/mol. The number of ether oxygens (including phenoxy) is 2. The van der Waals surface area contributed by atoms with Crippen LogP contribution in [0.15, 0.2) is 59.4 Å². The first-order valence-corrected chi connectivity index (χ1v) is 9.31. The molecule has 0 atom stereocenters. The quantitative estimate of drug-likeness (QED) is 0.433. The molecule has 0 N–H and O–H groups in total. The standard InChI is InChI=1S/C22H19F3N2O4/c1-14-6-3-4-9-19(14)30-10-11-31-21(29)20-18(28)12-15(2)27(26-20)17-8-5-7-16(13-17)22(23,24)25/h3-9,12-13H,10-11H2,1-2H3. The molecule has 0 spiro atoms. The van der Waals surface area contributed by atoms with Gasteiger partial charge in [-0.25, -0.2) is 9.48 Å². The average molecular weight is 432 g/mol. The first-order valence-electron chi connectivity index (χ1n) is 9.31. The molecule has 31 heavy (non-hydrogen) atoms. The van der Waals surface area contributed by atoms with E-state index >= 15 is 0 Å². The summed E-state index contributed by atoms with van der Waals surface area (Å²) in [6.45, 7) is 3.30. The van der Waals surface area contributed by atoms with Crippen molar-refractivity contribution in [1.29, 1.82) is 0 Å². The molecule has 9 heteroatoms. The number of aryl methyl sites for hydroxylation is 2. The van der Waals surface area contributed by atoms with Crippen LogP contribution in [0.5, 0.6) is 5.75 Å². The molecule has 3 rings (SSSR count). The fourth-order valence-corrected chi connectivity index (χ4v) is 2.84. The van der Waals surface area contributed by atoms with Gasteiger partial charge in [0, 0.05) is 11.8 Å². The molecule has 0 fully saturated rings. The van der Waals surface area contributed by atoms with Crippen LogP contribution in [0.3, 0.4) is 0 Å². The molecule has 2 aromatic carbocycles. The summed E-state index contributed by atoms with van der Waals surface area (Å²) in [6.07, 6.45) is -4.54. The minimum absolute atomic E-state index is 0.0595. The number of carbonyl (C=O) groups excluding carboxylic acids is 1. The van der Waals surface area contributed by atoms with Crippen molar-refractivity contribution in [3.8, 4) is 11.4 Å². The number of benzene rings is 2. The van der Waals surface area contributed by atoms with Crippen LogP contribution in [0.1, 0.15) is 27.3 Å². The van der Waals surface area contributed by atoms with Gasteiger partial charge in [0.2, 0.25) is 11.1 Å². The van der Waals surface area contributed by atoms with E-state index in [-0.39, 0.29) is 24.6 Å². The number of alkyl halides is 3. The van der Waals surface area contributed by atoms with Crippen molar-refractivity contribution in [1.82, 2.24) is 9.78 Å². The Hall–Kier alpha value is -3.62. The van der Waals surface area contributed by atoms with E-state index in [4.69, 9.17) is 9.47 Å². The summed E-state index contributed by atoms with van der Waals surface area (Å²) in [5.41, 5.74) is -0.849. The highest BCUT2D eigenvalue weighted by molar-refractivity contribution is 5.86. The van der Waals surface area contributed by atoms with Gasteiger partial charge in [-0.2, -0.15) is 18.3 Å². The second-order valence-corrected chi connectivity index (χ2v) is 6.71. The Labute approximate surface area is 175 Å². The topological polar surface area (TPSA) is 70.4 Å². The molecule has 0 unspecified atom stereocenters. The first kappa shape index (κ1) is 22.1. The molecule has 0 radical (unpaired) electrons. The molecule has 6 nitrogen and oxygen atoms in total. The average Bonchev–Trinajstić information content (AvgIpc) is 2.72. The van der Waals surface area contributed by atoms with Crippen LogP contribution in [-0.4, -0.2) is 29.0 Å². The molecule has 3 aromatic rings. The third-order valence-corrected chi connectivity index (χ3v) is 4.39. The zero-order valence-corrected chi connectivity index (χ0v) is 16.8. The van der Waals surface area contributed by atoms with Crippen molar-refractivity contribution in [2.24, 2.45) is 0 Å². The van der Waals surface area contributed by atoms with Crippen molar-refractivity contribution in [2.75, 3.05) is 13.2 Å². The van der Waals surface area contributed by atoms with Crippen LogP contribution in [0.25, 0.3) is 5.69 Å². The zero-order chi connectivity index (χ0) is 22.6. The van der Waals surface area contributed by atoms with Crippen molar-refractivity contribution in [2.45, 2.75) is 20.0 Å². The van der Waals surface area contributed by atoms with Crippen LogP contribution in [0.2, 0.25) is 0 Å². The lowest BCUT2D eigenvalue weighted by molar-refractivity contribution is -0.137. The number of aromatic nitrogens is 2. The van der Waals surface area contributed by atoms with E-state index < -0.39 is 28.8 Å². The van der Waals surface area contributed by atoms with E-state index in [2.05, 4.69) is 5.10 Å². The number of nitrogens with zero attached hydrogens (tertiary/aromatic N) is 2. The molecular weight excluding hydrogens is 413 g/mol. The number of halogens is 3. The Morgan fingerprint density at radius 3 is 2.48 bits per heavy atom. The lowest BCUT2D eigenvalue weighted by Gasteiger charge is -2.13. The maximum Gasteiger partial charge on any atom is 0.416 e. The molecule has 0 saturated carbocycles. The number of hydrogen-bond acceptors (Lipinski definition) is 5. The summed E-state index contributed by atoms with van der Waals surface area (Å²) in [7, 11) is 0. The van der Waals surface area contributed by atoms with Crippen molar-refractivity contribution >= 4 is 5.97 Å². The first-order chi connectivity index (χ1) is 14.7. The summed E-state index contributed by atoms with van der Waals surface area (Å²) in [4.78, 5) is 24.5. The van der Waals surface area contributed by atoms with Gasteiger partial charge in [-0.1, -0.05) is 24.3 Å². The Bertz CT molecular complexity index is 1160. The van der Waals surface area contributed by atoms with Crippen molar-refractivity contribution in [3.63, 3.8) is 0 Å². The number of carbonyl (C=O) groups is 1. The molecule has 0 aliphatic carbocycles. The van der Waals surface area contributed by atoms with Crippen LogP contribution in [0, 0.1) is 13.8 Å². The van der Waals surface area contributed by atoms with E-state index in [1.807, 2.05) is 19.1 Å². The Morgan fingerprint density at radius 2 is 1.77 bits per heavy atom. The third-order valence-electron chi connectivity index (χ3n) is 4.39. The molecule has 1 aromatic heterocycles. The fourth-order valence-electron chi connectivity index (χ4n) is 2.84. The van der Waals surface area contributed by atoms with Gasteiger partial charge in [-0.3, -0.25) is 4.79 Å². The van der Waals surface area contributed by atoms with Crippen LogP contribution < -0.4 is 10.2 Å². The lowest BCUT2D eigenvalue weighted by atomic mass is 10.2. The second-order valence-electron chi connectivity index (χ2n) is 6.71. The number of rotatable bonds is 6. The highest BCUT2D eigenvalue weighted by Crippen LogP contribution is 2.30. The molecule has 0 amide bonds. The zero-order valence-electron chi connectivity index (χ0n) is 16.8. The van der Waals surface area contributed by atoms with Crippen LogP contribution >= 0.6 is 0 Å². The molecule has 0 aliphatic heterocycles. The Kier molecular flexibility index (Phi) is 6.43. The maximum atomic E-state index is 13.0. The minimum atomic E-state index is -4.54. The van der Waals surface area contributed by atoms with E-state index in [1.165, 1.54) is 19.1 Å². The molecule has 0 aliphatic rings. The van der Waals surface area contributed by atoms with Gasteiger partial charge in [0.15, 0.2) is 0 Å². The SMILES string of the molecule is Cc1ccccc1OCCOC(=O)c1nn(-c2cccc(C(F)(F)F)c2)c(C)cc1=O. The second kappa shape index (κ2) is 9.03. The van der Waals surface area contributed by atoms with E-state index in [0.717, 1.165) is 28.4 Å². The smallest absolute Gasteiger partial charge is 0.416 e. The molecule has 1 heterocycles. The third kappa shape index (κ3) is 5.30. The monoisotopic (exact) mass is 432 g/mol. The maximum absolute atomic E-state index is 13.0. The Morgan fingerprint density at radius 1 is 1.03 bits per heavy atom. The van der Waals surface area contributed by atoms with Gasteiger partial charge in [0.05, 0.1) is 11.3 Å². The summed E-state index contributed by atoms with van der Waals surface area (Å²) < 4.78 is 50.7. The van der Waals surface area contributed by atoms with E-state index in [0.29, 0.717) is 5.75 Å². The molecule has 0 bridgehead atoms. The molecule has 162 valence electrons. The minimum Gasteiger partial charge on any atom is -0.490 e. The Balaban J connectivity index is 1.75. The fraction of sp³-hybridized carbons (Fsp3) is 0.227. The van der Waals surface area contributed by atoms with E-state index in [9.17, 15) is 22.8 Å². The normalized spacial score (nSPS) is 11.3. The summed E-state index contributed by atoms with van der Waals surface area (Å²) >= 11 is 0. The number of hydrogen-bond donors (Lipinski definition) is 0. The van der Waals surface area contributed by atoms with Gasteiger partial charge in [-0.15, -0.1) is 0 Å². The summed E-state index contributed by atoms with van der Waals surface area (Å²) in [5.74, 6) is -0.349.